The van der Waals surface area contributed by atoms with Crippen LogP contribution in [0.25, 0.3) is 0 Å². The fourth-order valence-electron chi connectivity index (χ4n) is 3.19. The highest BCUT2D eigenvalue weighted by molar-refractivity contribution is 7.92. The van der Waals surface area contributed by atoms with Gasteiger partial charge < -0.3 is 14.8 Å². The van der Waals surface area contributed by atoms with Crippen LogP contribution in [0.1, 0.15) is 10.4 Å². The Balaban J connectivity index is 1.38. The van der Waals surface area contributed by atoms with Crippen LogP contribution in [0.15, 0.2) is 83.8 Å². The van der Waals surface area contributed by atoms with Crippen molar-refractivity contribution < 1.29 is 22.7 Å². The molecule has 1 N–H and O–H groups in total. The highest BCUT2D eigenvalue weighted by Crippen LogP contribution is 2.30. The predicted molar refractivity (Wildman–Crippen MR) is 117 cm³/mol. The summed E-state index contributed by atoms with van der Waals surface area (Å²) >= 11 is 0. The van der Waals surface area contributed by atoms with Crippen molar-refractivity contribution in [2.45, 2.75) is 11.0 Å². The Labute approximate surface area is 181 Å². The third-order valence-corrected chi connectivity index (χ3v) is 6.75. The van der Waals surface area contributed by atoms with E-state index in [1.165, 1.54) is 35.6 Å². The average molecular weight is 439 g/mol. The maximum Gasteiger partial charge on any atom is 0.264 e. The normalized spacial score (nSPS) is 15.2. The highest BCUT2D eigenvalue weighted by atomic mass is 32.2. The number of amides is 1. The van der Waals surface area contributed by atoms with Crippen molar-refractivity contribution in [1.29, 1.82) is 0 Å². The molecule has 0 spiro atoms. The molecule has 0 aromatic heterocycles. The summed E-state index contributed by atoms with van der Waals surface area (Å²) in [4.78, 5) is 12.6. The lowest BCUT2D eigenvalue weighted by Crippen LogP contribution is -2.40. The summed E-state index contributed by atoms with van der Waals surface area (Å²) < 4.78 is 38.4. The van der Waals surface area contributed by atoms with Gasteiger partial charge in [-0.25, -0.2) is 8.42 Å². The van der Waals surface area contributed by atoms with E-state index in [2.05, 4.69) is 5.32 Å². The zero-order chi connectivity index (χ0) is 21.8. The molecule has 0 bridgehead atoms. The molecule has 1 atom stereocenters. The first-order valence-electron chi connectivity index (χ1n) is 9.76. The Kier molecular flexibility index (Phi) is 5.81. The minimum atomic E-state index is -3.73. The van der Waals surface area contributed by atoms with Crippen molar-refractivity contribution in [1.82, 2.24) is 5.32 Å². The molecule has 0 fully saturated rings. The fraction of sp³-hybridized carbons (Fsp3) is 0.174. The van der Waals surface area contributed by atoms with E-state index in [1.54, 1.807) is 24.3 Å². The summed E-state index contributed by atoms with van der Waals surface area (Å²) in [6.07, 6.45) is -0.307. The number of hydrogen-bond acceptors (Lipinski definition) is 5. The molecule has 1 amide bonds. The quantitative estimate of drug-likeness (QED) is 0.639. The lowest BCUT2D eigenvalue weighted by Gasteiger charge is -2.26. The average Bonchev–Trinajstić information content (AvgIpc) is 2.82. The molecule has 8 heteroatoms. The van der Waals surface area contributed by atoms with Crippen molar-refractivity contribution in [2.24, 2.45) is 0 Å². The van der Waals surface area contributed by atoms with Crippen molar-refractivity contribution in [3.8, 4) is 11.5 Å². The van der Waals surface area contributed by atoms with Gasteiger partial charge in [0.1, 0.15) is 12.7 Å². The van der Waals surface area contributed by atoms with Crippen molar-refractivity contribution >= 4 is 21.6 Å². The Morgan fingerprint density at radius 3 is 2.32 bits per heavy atom. The molecule has 3 aromatic rings. The van der Waals surface area contributed by atoms with Crippen LogP contribution < -0.4 is 19.1 Å². The van der Waals surface area contributed by atoms with E-state index in [0.717, 1.165) is 0 Å². The number of rotatable bonds is 6. The van der Waals surface area contributed by atoms with Gasteiger partial charge in [0.2, 0.25) is 0 Å². The molecular formula is C23H22N2O5S. The van der Waals surface area contributed by atoms with E-state index in [-0.39, 0.29) is 23.5 Å². The Morgan fingerprint density at radius 2 is 1.61 bits per heavy atom. The first-order chi connectivity index (χ1) is 14.9. The minimum Gasteiger partial charge on any atom is -0.486 e. The summed E-state index contributed by atoms with van der Waals surface area (Å²) in [7, 11) is -2.23. The van der Waals surface area contributed by atoms with Gasteiger partial charge in [0.25, 0.3) is 15.9 Å². The summed E-state index contributed by atoms with van der Waals surface area (Å²) in [5, 5.41) is 2.80. The molecular weight excluding hydrogens is 416 g/mol. The van der Waals surface area contributed by atoms with Gasteiger partial charge >= 0.3 is 0 Å². The van der Waals surface area contributed by atoms with E-state index < -0.39 is 10.0 Å². The van der Waals surface area contributed by atoms with Crippen LogP contribution in [0.5, 0.6) is 11.5 Å². The van der Waals surface area contributed by atoms with Gasteiger partial charge in [-0.1, -0.05) is 30.3 Å². The van der Waals surface area contributed by atoms with Gasteiger partial charge in [-0.3, -0.25) is 9.10 Å². The molecule has 1 heterocycles. The summed E-state index contributed by atoms with van der Waals surface area (Å²) in [5.74, 6) is 1.01. The highest BCUT2D eigenvalue weighted by Gasteiger charge is 2.23. The van der Waals surface area contributed by atoms with Gasteiger partial charge in [-0.2, -0.15) is 0 Å². The van der Waals surface area contributed by atoms with E-state index in [0.29, 0.717) is 29.4 Å². The zero-order valence-corrected chi connectivity index (χ0v) is 17.7. The zero-order valence-electron chi connectivity index (χ0n) is 16.9. The SMILES string of the molecule is CN(c1ccccc1)S(=O)(=O)c1ccc(C(=O)NC[C@H]2COc3ccccc3O2)cc1. The molecule has 1 aliphatic rings. The van der Waals surface area contributed by atoms with Gasteiger partial charge in [0, 0.05) is 12.6 Å². The molecule has 0 saturated carbocycles. The molecule has 31 heavy (non-hydrogen) atoms. The largest absolute Gasteiger partial charge is 0.486 e. The number of hydrogen-bond donors (Lipinski definition) is 1. The third kappa shape index (κ3) is 4.49. The molecule has 0 aliphatic carbocycles. The second-order valence-electron chi connectivity index (χ2n) is 7.04. The maximum atomic E-state index is 12.8. The number of ether oxygens (including phenoxy) is 2. The number of fused-ring (bicyclic) bond motifs is 1. The van der Waals surface area contributed by atoms with Crippen LogP contribution in [0, 0.1) is 0 Å². The third-order valence-electron chi connectivity index (χ3n) is 4.95. The van der Waals surface area contributed by atoms with Crippen molar-refractivity contribution in [2.75, 3.05) is 24.5 Å². The monoisotopic (exact) mass is 438 g/mol. The topological polar surface area (TPSA) is 84.9 Å². The number of anilines is 1. The van der Waals surface area contributed by atoms with Gasteiger partial charge in [0.15, 0.2) is 11.5 Å². The number of carbonyl (C=O) groups is 1. The molecule has 1 aliphatic heterocycles. The summed E-state index contributed by atoms with van der Waals surface area (Å²) in [5.41, 5.74) is 0.916. The standard InChI is InChI=1S/C23H22N2O5S/c1-25(18-7-3-2-4-8-18)31(27,28)20-13-11-17(12-14-20)23(26)24-15-19-16-29-21-9-5-6-10-22(21)30-19/h2-14,19H,15-16H2,1H3,(H,24,26)/t19-/m0/s1. The van der Waals surface area contributed by atoms with E-state index in [4.69, 9.17) is 9.47 Å². The molecule has 3 aromatic carbocycles. The number of sulfonamides is 1. The molecule has 0 radical (unpaired) electrons. The van der Waals surface area contributed by atoms with Crippen LogP contribution in [-0.4, -0.2) is 40.6 Å². The molecule has 0 unspecified atom stereocenters. The Bertz CT molecular complexity index is 1160. The van der Waals surface area contributed by atoms with E-state index in [9.17, 15) is 13.2 Å². The first kappa shape index (κ1) is 20.7. The molecule has 4 rings (SSSR count). The first-order valence-corrected chi connectivity index (χ1v) is 11.2. The second kappa shape index (κ2) is 8.69. The number of para-hydroxylation sites is 3. The number of nitrogens with one attached hydrogen (secondary N) is 1. The number of nitrogens with zero attached hydrogens (tertiary/aromatic N) is 1. The molecule has 7 nitrogen and oxygen atoms in total. The number of carbonyl (C=O) groups excluding carboxylic acids is 1. The van der Waals surface area contributed by atoms with Gasteiger partial charge in [-0.05, 0) is 48.5 Å². The van der Waals surface area contributed by atoms with Crippen LogP contribution in [-0.2, 0) is 10.0 Å². The second-order valence-corrected chi connectivity index (χ2v) is 9.01. The smallest absolute Gasteiger partial charge is 0.264 e. The Hall–Kier alpha value is -3.52. The lowest BCUT2D eigenvalue weighted by atomic mass is 10.2. The minimum absolute atomic E-state index is 0.107. The van der Waals surface area contributed by atoms with Crippen LogP contribution in [0.3, 0.4) is 0 Å². The van der Waals surface area contributed by atoms with Crippen molar-refractivity contribution in [3.63, 3.8) is 0 Å². The van der Waals surface area contributed by atoms with E-state index >= 15 is 0 Å². The van der Waals surface area contributed by atoms with E-state index in [1.807, 2.05) is 30.3 Å². The molecule has 160 valence electrons. The number of benzene rings is 3. The van der Waals surface area contributed by atoms with Crippen molar-refractivity contribution in [3.05, 3.63) is 84.4 Å². The van der Waals surface area contributed by atoms with Gasteiger partial charge in [-0.15, -0.1) is 0 Å². The maximum absolute atomic E-state index is 12.8. The summed E-state index contributed by atoms with van der Waals surface area (Å²) in [6, 6.07) is 22.0. The predicted octanol–water partition coefficient (Wildman–Crippen LogP) is 3.08. The summed E-state index contributed by atoms with van der Waals surface area (Å²) in [6.45, 7) is 0.601. The van der Waals surface area contributed by atoms with Gasteiger partial charge in [0.05, 0.1) is 17.1 Å². The van der Waals surface area contributed by atoms with Crippen LogP contribution in [0.2, 0.25) is 0 Å². The lowest BCUT2D eigenvalue weighted by molar-refractivity contribution is 0.0789. The van der Waals surface area contributed by atoms with Crippen LogP contribution in [0.4, 0.5) is 5.69 Å². The molecule has 0 saturated heterocycles. The Morgan fingerprint density at radius 1 is 0.968 bits per heavy atom. The van der Waals surface area contributed by atoms with Crippen LogP contribution >= 0.6 is 0 Å². The fourth-order valence-corrected chi connectivity index (χ4v) is 4.38.